The molecule has 2 aromatic heterocycles. The predicted molar refractivity (Wildman–Crippen MR) is 96.5 cm³/mol. The maximum atomic E-state index is 6.10. The van der Waals surface area contributed by atoms with Crippen LogP contribution in [-0.2, 0) is 26.4 Å². The lowest BCUT2D eigenvalue weighted by molar-refractivity contribution is 0.720. The molecule has 0 bridgehead atoms. The van der Waals surface area contributed by atoms with Crippen LogP contribution in [0.15, 0.2) is 48.9 Å². The Kier molecular flexibility index (Phi) is 3.98. The Morgan fingerprint density at radius 1 is 1.12 bits per heavy atom. The SMILES string of the molecule is Cn1nccc1Cc1cncc(N2CCc3cc(Cl)ccc3C2)c1. The van der Waals surface area contributed by atoms with Crippen molar-refractivity contribution in [2.24, 2.45) is 7.05 Å². The van der Waals surface area contributed by atoms with Crippen LogP contribution in [-0.4, -0.2) is 21.3 Å². The van der Waals surface area contributed by atoms with E-state index < -0.39 is 0 Å². The Labute approximate surface area is 146 Å². The van der Waals surface area contributed by atoms with Gasteiger partial charge in [0.05, 0.1) is 11.9 Å². The zero-order chi connectivity index (χ0) is 16.5. The highest BCUT2D eigenvalue weighted by Crippen LogP contribution is 2.27. The topological polar surface area (TPSA) is 34.0 Å². The first kappa shape index (κ1) is 15.2. The van der Waals surface area contributed by atoms with Gasteiger partial charge in [-0.15, -0.1) is 0 Å². The molecule has 5 heteroatoms. The van der Waals surface area contributed by atoms with E-state index in [-0.39, 0.29) is 0 Å². The normalized spacial score (nSPS) is 13.8. The van der Waals surface area contributed by atoms with Crippen molar-refractivity contribution in [2.45, 2.75) is 19.4 Å². The Hall–Kier alpha value is -2.33. The van der Waals surface area contributed by atoms with Crippen molar-refractivity contribution in [3.05, 3.63) is 76.3 Å². The van der Waals surface area contributed by atoms with E-state index in [0.29, 0.717) is 0 Å². The average molecular weight is 339 g/mol. The summed E-state index contributed by atoms with van der Waals surface area (Å²) in [6.45, 7) is 1.90. The van der Waals surface area contributed by atoms with Crippen LogP contribution >= 0.6 is 11.6 Å². The number of aromatic nitrogens is 3. The summed E-state index contributed by atoms with van der Waals surface area (Å²) in [7, 11) is 1.97. The Morgan fingerprint density at radius 2 is 2.04 bits per heavy atom. The molecule has 0 aliphatic carbocycles. The van der Waals surface area contributed by atoms with Gasteiger partial charge in [0, 0.05) is 49.7 Å². The van der Waals surface area contributed by atoms with Crippen LogP contribution in [0, 0.1) is 0 Å². The summed E-state index contributed by atoms with van der Waals surface area (Å²) in [6.07, 6.45) is 7.58. The second-order valence-corrected chi connectivity index (χ2v) is 6.70. The van der Waals surface area contributed by atoms with E-state index in [9.17, 15) is 0 Å². The van der Waals surface area contributed by atoms with E-state index in [1.165, 1.54) is 28.1 Å². The van der Waals surface area contributed by atoms with Gasteiger partial charge in [0.25, 0.3) is 0 Å². The molecule has 24 heavy (non-hydrogen) atoms. The Bertz CT molecular complexity index is 871. The molecule has 0 saturated heterocycles. The highest BCUT2D eigenvalue weighted by atomic mass is 35.5. The van der Waals surface area contributed by atoms with E-state index in [0.717, 1.165) is 31.0 Å². The number of aryl methyl sites for hydroxylation is 1. The zero-order valence-corrected chi connectivity index (χ0v) is 14.4. The van der Waals surface area contributed by atoms with Gasteiger partial charge < -0.3 is 4.90 Å². The molecule has 0 radical (unpaired) electrons. The number of benzene rings is 1. The van der Waals surface area contributed by atoms with E-state index >= 15 is 0 Å². The Balaban J connectivity index is 1.56. The van der Waals surface area contributed by atoms with Gasteiger partial charge in [0.2, 0.25) is 0 Å². The second-order valence-electron chi connectivity index (χ2n) is 6.26. The van der Waals surface area contributed by atoms with Crippen molar-refractivity contribution >= 4 is 17.3 Å². The molecule has 0 amide bonds. The molecule has 1 aliphatic rings. The number of hydrogen-bond donors (Lipinski definition) is 0. The minimum atomic E-state index is 0.821. The summed E-state index contributed by atoms with van der Waals surface area (Å²) in [4.78, 5) is 6.83. The molecular formula is C19H19ClN4. The number of halogens is 1. The smallest absolute Gasteiger partial charge is 0.0558 e. The number of fused-ring (bicyclic) bond motifs is 1. The van der Waals surface area contributed by atoms with Gasteiger partial charge in [-0.05, 0) is 47.4 Å². The van der Waals surface area contributed by atoms with Crippen molar-refractivity contribution in [3.63, 3.8) is 0 Å². The molecule has 1 aromatic carbocycles. The first-order valence-corrected chi connectivity index (χ1v) is 8.50. The molecule has 4 rings (SSSR count). The van der Waals surface area contributed by atoms with Crippen molar-refractivity contribution < 1.29 is 0 Å². The monoisotopic (exact) mass is 338 g/mol. The molecular weight excluding hydrogens is 320 g/mol. The Morgan fingerprint density at radius 3 is 2.88 bits per heavy atom. The summed E-state index contributed by atoms with van der Waals surface area (Å²) < 4.78 is 1.91. The molecule has 1 aliphatic heterocycles. The first-order valence-electron chi connectivity index (χ1n) is 8.12. The minimum Gasteiger partial charge on any atom is -0.366 e. The van der Waals surface area contributed by atoms with Crippen molar-refractivity contribution in [3.8, 4) is 0 Å². The predicted octanol–water partition coefficient (Wildman–Crippen LogP) is 3.62. The van der Waals surface area contributed by atoms with Crippen molar-refractivity contribution in [1.29, 1.82) is 0 Å². The van der Waals surface area contributed by atoms with E-state index in [1.807, 2.05) is 42.5 Å². The molecule has 3 heterocycles. The van der Waals surface area contributed by atoms with Crippen LogP contribution in [0.2, 0.25) is 5.02 Å². The van der Waals surface area contributed by atoms with Gasteiger partial charge in [-0.3, -0.25) is 9.67 Å². The van der Waals surface area contributed by atoms with Gasteiger partial charge in [-0.2, -0.15) is 5.10 Å². The lowest BCUT2D eigenvalue weighted by Gasteiger charge is -2.30. The summed E-state index contributed by atoms with van der Waals surface area (Å²) in [5, 5.41) is 5.05. The fraction of sp³-hybridized carbons (Fsp3) is 0.263. The van der Waals surface area contributed by atoms with Crippen LogP contribution in [0.5, 0.6) is 0 Å². The summed E-state index contributed by atoms with van der Waals surface area (Å²) in [5.74, 6) is 0. The van der Waals surface area contributed by atoms with Gasteiger partial charge in [-0.25, -0.2) is 0 Å². The van der Waals surface area contributed by atoms with Crippen LogP contribution < -0.4 is 4.90 Å². The van der Waals surface area contributed by atoms with Gasteiger partial charge in [0.1, 0.15) is 0 Å². The van der Waals surface area contributed by atoms with E-state index in [2.05, 4.69) is 33.2 Å². The molecule has 122 valence electrons. The standard InChI is InChI=1S/C19H19ClN4/c1-23-18(4-6-22-23)8-14-9-19(12-21-11-14)24-7-5-15-10-17(20)3-2-16(15)13-24/h2-4,6,9-12H,5,7-8,13H2,1H3. The van der Waals surface area contributed by atoms with Gasteiger partial charge >= 0.3 is 0 Å². The molecule has 0 unspecified atom stereocenters. The number of anilines is 1. The average Bonchev–Trinajstić information content (AvgIpc) is 2.99. The molecule has 0 fully saturated rings. The van der Waals surface area contributed by atoms with Crippen LogP contribution in [0.1, 0.15) is 22.4 Å². The van der Waals surface area contributed by atoms with Crippen molar-refractivity contribution in [1.82, 2.24) is 14.8 Å². The lowest BCUT2D eigenvalue weighted by Crippen LogP contribution is -2.30. The third-order valence-corrected chi connectivity index (χ3v) is 4.87. The summed E-state index contributed by atoms with van der Waals surface area (Å²) >= 11 is 6.10. The second kappa shape index (κ2) is 6.29. The molecule has 0 atom stereocenters. The van der Waals surface area contributed by atoms with E-state index in [4.69, 9.17) is 11.6 Å². The number of hydrogen-bond acceptors (Lipinski definition) is 3. The third kappa shape index (κ3) is 3.02. The molecule has 4 nitrogen and oxygen atoms in total. The number of rotatable bonds is 3. The zero-order valence-electron chi connectivity index (χ0n) is 13.6. The summed E-state index contributed by atoms with van der Waals surface area (Å²) in [6, 6.07) is 10.5. The maximum Gasteiger partial charge on any atom is 0.0558 e. The largest absolute Gasteiger partial charge is 0.366 e. The first-order chi connectivity index (χ1) is 11.7. The van der Waals surface area contributed by atoms with E-state index in [1.54, 1.807) is 0 Å². The maximum absolute atomic E-state index is 6.10. The molecule has 0 saturated carbocycles. The van der Waals surface area contributed by atoms with Crippen molar-refractivity contribution in [2.75, 3.05) is 11.4 Å². The van der Waals surface area contributed by atoms with Gasteiger partial charge in [-0.1, -0.05) is 17.7 Å². The highest BCUT2D eigenvalue weighted by Gasteiger charge is 2.17. The fourth-order valence-corrected chi connectivity index (χ4v) is 3.46. The fourth-order valence-electron chi connectivity index (χ4n) is 3.27. The molecule has 0 spiro atoms. The number of pyridine rings is 1. The third-order valence-electron chi connectivity index (χ3n) is 4.63. The van der Waals surface area contributed by atoms with Gasteiger partial charge in [0.15, 0.2) is 0 Å². The quantitative estimate of drug-likeness (QED) is 0.731. The lowest BCUT2D eigenvalue weighted by atomic mass is 9.99. The highest BCUT2D eigenvalue weighted by molar-refractivity contribution is 6.30. The van der Waals surface area contributed by atoms with Crippen LogP contribution in [0.4, 0.5) is 5.69 Å². The van der Waals surface area contributed by atoms with Crippen LogP contribution in [0.3, 0.4) is 0 Å². The minimum absolute atomic E-state index is 0.821. The number of nitrogens with zero attached hydrogens (tertiary/aromatic N) is 4. The van der Waals surface area contributed by atoms with Crippen LogP contribution in [0.25, 0.3) is 0 Å². The molecule has 0 N–H and O–H groups in total. The summed E-state index contributed by atoms with van der Waals surface area (Å²) in [5.41, 5.74) is 6.28. The molecule has 3 aromatic rings.